The first-order valence-electron chi connectivity index (χ1n) is 6.46. The van der Waals surface area contributed by atoms with Crippen LogP contribution in [0, 0.1) is 13.8 Å². The molecule has 0 saturated carbocycles. The molecule has 1 N–H and O–H groups in total. The fraction of sp³-hybridized carbons (Fsp3) is 0.385. The standard InChI is InChI=1S/C13H15N5O2/c1-8-6-9(2)16-13(15-8)17-11(19)10-7-14-18-4-3-5-20-12(10)18/h6-7H,3-5H2,1-2H3,(H,15,16,17,19). The van der Waals surface area contributed by atoms with Crippen molar-refractivity contribution in [1.82, 2.24) is 19.7 Å². The maximum atomic E-state index is 12.2. The van der Waals surface area contributed by atoms with Crippen LogP contribution in [0.2, 0.25) is 0 Å². The lowest BCUT2D eigenvalue weighted by Gasteiger charge is -2.15. The van der Waals surface area contributed by atoms with Crippen LogP contribution < -0.4 is 10.1 Å². The third-order valence-corrected chi connectivity index (χ3v) is 3.00. The molecule has 1 aliphatic rings. The Hall–Kier alpha value is -2.44. The van der Waals surface area contributed by atoms with Gasteiger partial charge in [0, 0.05) is 24.4 Å². The van der Waals surface area contributed by atoms with Crippen LogP contribution in [0.4, 0.5) is 5.95 Å². The van der Waals surface area contributed by atoms with Crippen molar-refractivity contribution in [2.45, 2.75) is 26.8 Å². The highest BCUT2D eigenvalue weighted by Crippen LogP contribution is 2.22. The number of carbonyl (C=O) groups excluding carboxylic acids is 1. The Kier molecular flexibility index (Phi) is 3.09. The molecule has 0 aliphatic carbocycles. The zero-order valence-electron chi connectivity index (χ0n) is 11.4. The van der Waals surface area contributed by atoms with Gasteiger partial charge in [-0.25, -0.2) is 14.6 Å². The first kappa shape index (κ1) is 12.6. The fourth-order valence-corrected chi connectivity index (χ4v) is 2.18. The molecule has 0 fully saturated rings. The zero-order chi connectivity index (χ0) is 14.1. The second kappa shape index (κ2) is 4.92. The quantitative estimate of drug-likeness (QED) is 0.892. The Balaban J connectivity index is 1.84. The van der Waals surface area contributed by atoms with E-state index in [1.807, 2.05) is 19.9 Å². The number of aryl methyl sites for hydroxylation is 3. The van der Waals surface area contributed by atoms with E-state index in [1.165, 1.54) is 6.20 Å². The summed E-state index contributed by atoms with van der Waals surface area (Å²) in [6, 6.07) is 1.85. The van der Waals surface area contributed by atoms with Gasteiger partial charge in [0.15, 0.2) is 0 Å². The number of hydrogen-bond acceptors (Lipinski definition) is 5. The number of carbonyl (C=O) groups is 1. The summed E-state index contributed by atoms with van der Waals surface area (Å²) in [4.78, 5) is 20.6. The van der Waals surface area contributed by atoms with Crippen molar-refractivity contribution in [3.8, 4) is 5.88 Å². The van der Waals surface area contributed by atoms with Crippen molar-refractivity contribution in [1.29, 1.82) is 0 Å². The normalized spacial score (nSPS) is 13.5. The first-order chi connectivity index (χ1) is 9.63. The van der Waals surface area contributed by atoms with E-state index in [1.54, 1.807) is 4.68 Å². The number of aromatic nitrogens is 4. The summed E-state index contributed by atoms with van der Waals surface area (Å²) in [5.74, 6) is 0.500. The molecule has 1 amide bonds. The Bertz CT molecular complexity index is 645. The van der Waals surface area contributed by atoms with Crippen LogP contribution in [0.3, 0.4) is 0 Å². The minimum absolute atomic E-state index is 0.295. The van der Waals surface area contributed by atoms with Gasteiger partial charge in [-0.05, 0) is 19.9 Å². The van der Waals surface area contributed by atoms with Gasteiger partial charge in [-0.2, -0.15) is 5.10 Å². The summed E-state index contributed by atoms with van der Waals surface area (Å²) in [5, 5.41) is 6.83. The zero-order valence-corrected chi connectivity index (χ0v) is 11.4. The summed E-state index contributed by atoms with van der Waals surface area (Å²) in [5.41, 5.74) is 2.02. The van der Waals surface area contributed by atoms with Crippen LogP contribution in [0.1, 0.15) is 28.2 Å². The number of amides is 1. The Morgan fingerprint density at radius 1 is 1.35 bits per heavy atom. The summed E-state index contributed by atoms with van der Waals surface area (Å²) < 4.78 is 7.19. The summed E-state index contributed by atoms with van der Waals surface area (Å²) >= 11 is 0. The molecule has 0 unspecified atom stereocenters. The molecule has 7 heteroatoms. The molecule has 0 atom stereocenters. The highest BCUT2D eigenvalue weighted by atomic mass is 16.5. The summed E-state index contributed by atoms with van der Waals surface area (Å²) in [6.45, 7) is 5.08. The predicted octanol–water partition coefficient (Wildman–Crippen LogP) is 1.32. The Morgan fingerprint density at radius 3 is 2.85 bits per heavy atom. The van der Waals surface area contributed by atoms with E-state index in [0.29, 0.717) is 24.0 Å². The van der Waals surface area contributed by atoms with Crippen molar-refractivity contribution in [2.75, 3.05) is 11.9 Å². The number of nitrogens with one attached hydrogen (secondary N) is 1. The summed E-state index contributed by atoms with van der Waals surface area (Å²) in [7, 11) is 0. The Labute approximate surface area is 116 Å². The molecule has 104 valence electrons. The van der Waals surface area contributed by atoms with E-state index < -0.39 is 0 Å². The molecule has 3 rings (SSSR count). The molecule has 0 radical (unpaired) electrons. The number of rotatable bonds is 2. The number of nitrogens with zero attached hydrogens (tertiary/aromatic N) is 4. The molecule has 7 nitrogen and oxygen atoms in total. The van der Waals surface area contributed by atoms with Crippen molar-refractivity contribution in [3.63, 3.8) is 0 Å². The largest absolute Gasteiger partial charge is 0.477 e. The van der Waals surface area contributed by atoms with Crippen LogP contribution in [-0.4, -0.2) is 32.3 Å². The molecule has 0 spiro atoms. The maximum absolute atomic E-state index is 12.2. The van der Waals surface area contributed by atoms with E-state index in [9.17, 15) is 4.79 Å². The highest BCUT2D eigenvalue weighted by Gasteiger charge is 2.22. The Morgan fingerprint density at radius 2 is 2.10 bits per heavy atom. The van der Waals surface area contributed by atoms with Gasteiger partial charge in [-0.3, -0.25) is 10.1 Å². The van der Waals surface area contributed by atoms with Crippen molar-refractivity contribution in [3.05, 3.63) is 29.2 Å². The van der Waals surface area contributed by atoms with Gasteiger partial charge in [-0.1, -0.05) is 0 Å². The lowest BCUT2D eigenvalue weighted by molar-refractivity contribution is 0.101. The molecule has 2 aromatic rings. The monoisotopic (exact) mass is 273 g/mol. The van der Waals surface area contributed by atoms with E-state index in [0.717, 1.165) is 24.4 Å². The van der Waals surface area contributed by atoms with Crippen molar-refractivity contribution >= 4 is 11.9 Å². The first-order valence-corrected chi connectivity index (χ1v) is 6.46. The molecule has 20 heavy (non-hydrogen) atoms. The van der Waals surface area contributed by atoms with Crippen LogP contribution in [0.25, 0.3) is 0 Å². The smallest absolute Gasteiger partial charge is 0.265 e. The molecule has 0 aromatic carbocycles. The lowest BCUT2D eigenvalue weighted by Crippen LogP contribution is -2.19. The minimum atomic E-state index is -0.307. The average Bonchev–Trinajstić information content (AvgIpc) is 2.81. The molecular formula is C13H15N5O2. The molecule has 0 bridgehead atoms. The highest BCUT2D eigenvalue weighted by molar-refractivity contribution is 6.04. The van der Waals surface area contributed by atoms with E-state index in [-0.39, 0.29) is 5.91 Å². The average molecular weight is 273 g/mol. The van der Waals surface area contributed by atoms with E-state index >= 15 is 0 Å². The van der Waals surface area contributed by atoms with E-state index in [4.69, 9.17) is 4.74 Å². The third-order valence-electron chi connectivity index (χ3n) is 3.00. The molecule has 3 heterocycles. The van der Waals surface area contributed by atoms with Crippen LogP contribution >= 0.6 is 0 Å². The third kappa shape index (κ3) is 2.34. The van der Waals surface area contributed by atoms with Crippen LogP contribution in [0.5, 0.6) is 5.88 Å². The number of fused-ring (bicyclic) bond motifs is 1. The molecule has 1 aliphatic heterocycles. The van der Waals surface area contributed by atoms with Gasteiger partial charge in [0.2, 0.25) is 11.8 Å². The van der Waals surface area contributed by atoms with Gasteiger partial charge >= 0.3 is 0 Å². The minimum Gasteiger partial charge on any atom is -0.477 e. The van der Waals surface area contributed by atoms with Gasteiger partial charge < -0.3 is 4.74 Å². The van der Waals surface area contributed by atoms with Crippen molar-refractivity contribution in [2.24, 2.45) is 0 Å². The summed E-state index contributed by atoms with van der Waals surface area (Å²) in [6.07, 6.45) is 2.41. The van der Waals surface area contributed by atoms with Crippen LogP contribution in [0.15, 0.2) is 12.3 Å². The van der Waals surface area contributed by atoms with Crippen molar-refractivity contribution < 1.29 is 9.53 Å². The van der Waals surface area contributed by atoms with E-state index in [2.05, 4.69) is 20.4 Å². The van der Waals surface area contributed by atoms with Gasteiger partial charge in [0.1, 0.15) is 5.56 Å². The van der Waals surface area contributed by atoms with Gasteiger partial charge in [-0.15, -0.1) is 0 Å². The number of anilines is 1. The molecular weight excluding hydrogens is 258 g/mol. The van der Waals surface area contributed by atoms with Crippen LogP contribution in [-0.2, 0) is 6.54 Å². The molecule has 0 saturated heterocycles. The fourth-order valence-electron chi connectivity index (χ4n) is 2.18. The molecule has 2 aromatic heterocycles. The van der Waals surface area contributed by atoms with Gasteiger partial charge in [0.05, 0.1) is 12.8 Å². The van der Waals surface area contributed by atoms with Gasteiger partial charge in [0.25, 0.3) is 5.91 Å². The predicted molar refractivity (Wildman–Crippen MR) is 71.8 cm³/mol. The SMILES string of the molecule is Cc1cc(C)nc(NC(=O)c2cnn3c2OCCC3)n1. The number of ether oxygens (including phenoxy) is 1. The number of hydrogen-bond donors (Lipinski definition) is 1. The second-order valence-electron chi connectivity index (χ2n) is 4.72. The lowest BCUT2D eigenvalue weighted by atomic mass is 10.3. The topological polar surface area (TPSA) is 81.9 Å². The maximum Gasteiger partial charge on any atom is 0.265 e. The second-order valence-corrected chi connectivity index (χ2v) is 4.72.